The van der Waals surface area contributed by atoms with E-state index in [4.69, 9.17) is 0 Å². The molecule has 0 unspecified atom stereocenters. The molecule has 2 N–H and O–H groups in total. The van der Waals surface area contributed by atoms with Gasteiger partial charge in [-0.3, -0.25) is 9.13 Å². The molecule has 3 rings (SSSR count). The van der Waals surface area contributed by atoms with Crippen LogP contribution in [0.4, 0.5) is 0 Å². The van der Waals surface area contributed by atoms with E-state index in [0.717, 1.165) is 38.5 Å². The van der Waals surface area contributed by atoms with Crippen molar-refractivity contribution in [2.45, 2.75) is 91.0 Å². The molecule has 10 nitrogen and oxygen atoms in total. The van der Waals surface area contributed by atoms with Crippen molar-refractivity contribution in [1.82, 2.24) is 39.5 Å². The number of nitrogens with zero attached hydrogens (tertiary/aromatic N) is 6. The molecule has 0 aromatic carbocycles. The number of thioether (sulfide) groups is 1. The second-order valence-corrected chi connectivity index (χ2v) is 9.82. The van der Waals surface area contributed by atoms with Crippen molar-refractivity contribution in [1.29, 1.82) is 0 Å². The van der Waals surface area contributed by atoms with Crippen LogP contribution in [-0.4, -0.2) is 45.8 Å². The van der Waals surface area contributed by atoms with E-state index in [9.17, 15) is 9.59 Å². The van der Waals surface area contributed by atoms with Crippen molar-refractivity contribution in [2.75, 3.05) is 6.26 Å². The number of rotatable bonds is 13. The molecule has 0 bridgehead atoms. The van der Waals surface area contributed by atoms with Crippen LogP contribution >= 0.6 is 35.3 Å². The molecule has 3 heterocycles. The van der Waals surface area contributed by atoms with E-state index >= 15 is 0 Å². The molecule has 0 radical (unpaired) electrons. The first-order valence-electron chi connectivity index (χ1n) is 10.6. The maximum Gasteiger partial charge on any atom is 0.343 e. The quantitative estimate of drug-likeness (QED) is 0.158. The van der Waals surface area contributed by atoms with Crippen molar-refractivity contribution >= 4 is 35.3 Å². The predicted molar refractivity (Wildman–Crippen MR) is 127 cm³/mol. The summed E-state index contributed by atoms with van der Waals surface area (Å²) < 4.78 is 3.29. The Morgan fingerprint density at radius 2 is 1.28 bits per heavy atom. The summed E-state index contributed by atoms with van der Waals surface area (Å²) in [5.41, 5.74) is -0.435. The summed E-state index contributed by atoms with van der Waals surface area (Å²) in [5, 5.41) is 16.5. The number of aromatic nitrogens is 8. The summed E-state index contributed by atoms with van der Waals surface area (Å²) in [5.74, 6) is 0. The predicted octanol–water partition coefficient (Wildman–Crippen LogP) is 3.65. The van der Waals surface area contributed by atoms with Crippen molar-refractivity contribution in [3.63, 3.8) is 0 Å². The highest BCUT2D eigenvalue weighted by Crippen LogP contribution is 2.31. The van der Waals surface area contributed by atoms with Gasteiger partial charge in [0.05, 0.1) is 0 Å². The fourth-order valence-electron chi connectivity index (χ4n) is 2.96. The molecule has 0 saturated heterocycles. The molecule has 0 aliphatic rings. The fourth-order valence-corrected chi connectivity index (χ4v) is 5.26. The first-order valence-corrected chi connectivity index (χ1v) is 13.5. The molecule has 0 spiro atoms. The normalized spacial score (nSPS) is 11.3. The van der Waals surface area contributed by atoms with E-state index in [-0.39, 0.29) is 11.4 Å². The standard InChI is InChI=1S/C19H28N8O2S3/c1-4-6-8-10-26-16(28)22-24-18(26)31-13-12-14(21-15(20-13)30-3)32-19-25-23-17(29)27(19)11-9-7-5-2/h12H,4-11H2,1-3H3,(H,22,28)(H,23,29). The van der Waals surface area contributed by atoms with E-state index in [0.29, 0.717) is 38.6 Å². The lowest BCUT2D eigenvalue weighted by atomic mass is 10.2. The lowest BCUT2D eigenvalue weighted by Gasteiger charge is -2.08. The Bertz CT molecular complexity index is 1040. The van der Waals surface area contributed by atoms with Crippen LogP contribution in [0.15, 0.2) is 41.2 Å². The minimum atomic E-state index is -0.218. The lowest BCUT2D eigenvalue weighted by Crippen LogP contribution is -2.17. The molecular weight excluding hydrogens is 468 g/mol. The van der Waals surface area contributed by atoms with Gasteiger partial charge in [-0.2, -0.15) is 0 Å². The van der Waals surface area contributed by atoms with E-state index in [1.54, 1.807) is 9.13 Å². The van der Waals surface area contributed by atoms with Crippen molar-refractivity contribution in [2.24, 2.45) is 0 Å². The molecule has 3 aromatic rings. The van der Waals surface area contributed by atoms with Gasteiger partial charge in [0.2, 0.25) is 0 Å². The molecule has 0 aliphatic carbocycles. The summed E-state index contributed by atoms with van der Waals surface area (Å²) in [6.45, 7) is 5.48. The zero-order chi connectivity index (χ0) is 22.9. The SMILES string of the molecule is CCCCCn1c(Sc2cc(Sc3n[nH]c(=O)n3CCCCC)nc(SC)n2)n[nH]c1=O. The van der Waals surface area contributed by atoms with Gasteiger partial charge in [0.25, 0.3) is 0 Å². The van der Waals surface area contributed by atoms with Crippen LogP contribution in [0.3, 0.4) is 0 Å². The van der Waals surface area contributed by atoms with Crippen LogP contribution in [0.25, 0.3) is 0 Å². The van der Waals surface area contributed by atoms with Gasteiger partial charge in [-0.25, -0.2) is 29.8 Å². The van der Waals surface area contributed by atoms with Crippen LogP contribution in [0.2, 0.25) is 0 Å². The van der Waals surface area contributed by atoms with Crippen molar-refractivity contribution < 1.29 is 0 Å². The molecule has 3 aromatic heterocycles. The van der Waals surface area contributed by atoms with Gasteiger partial charge in [-0.05, 0) is 42.6 Å². The maximum absolute atomic E-state index is 12.2. The van der Waals surface area contributed by atoms with E-state index in [2.05, 4.69) is 44.2 Å². The molecule has 13 heteroatoms. The minimum Gasteiger partial charge on any atom is -0.270 e. The van der Waals surface area contributed by atoms with Gasteiger partial charge >= 0.3 is 11.4 Å². The molecule has 0 atom stereocenters. The van der Waals surface area contributed by atoms with Crippen LogP contribution < -0.4 is 11.4 Å². The van der Waals surface area contributed by atoms with Crippen LogP contribution in [0, 0.1) is 0 Å². The Morgan fingerprint density at radius 1 is 0.812 bits per heavy atom. The summed E-state index contributed by atoms with van der Waals surface area (Å²) in [7, 11) is 0. The van der Waals surface area contributed by atoms with E-state index in [1.165, 1.54) is 35.3 Å². The first kappa shape index (κ1) is 24.6. The highest BCUT2D eigenvalue weighted by atomic mass is 32.2. The number of aromatic amines is 2. The van der Waals surface area contributed by atoms with Gasteiger partial charge in [-0.1, -0.05) is 51.3 Å². The zero-order valence-electron chi connectivity index (χ0n) is 18.5. The summed E-state index contributed by atoms with van der Waals surface area (Å²) in [4.78, 5) is 33.4. The largest absolute Gasteiger partial charge is 0.343 e. The highest BCUT2D eigenvalue weighted by molar-refractivity contribution is 8.00. The molecule has 0 aliphatic heterocycles. The van der Waals surface area contributed by atoms with Crippen molar-refractivity contribution in [3.8, 4) is 0 Å². The number of H-pyrrole nitrogens is 2. The summed E-state index contributed by atoms with van der Waals surface area (Å²) >= 11 is 4.07. The van der Waals surface area contributed by atoms with Gasteiger partial charge < -0.3 is 0 Å². The topological polar surface area (TPSA) is 127 Å². The monoisotopic (exact) mass is 496 g/mol. The Hall–Kier alpha value is -1.99. The molecule has 174 valence electrons. The second-order valence-electron chi connectivity index (χ2n) is 7.08. The Labute approximate surface area is 198 Å². The number of hydrogen-bond donors (Lipinski definition) is 2. The van der Waals surface area contributed by atoms with Gasteiger partial charge in [0.15, 0.2) is 15.5 Å². The molecular formula is C19H28N8O2S3. The summed E-state index contributed by atoms with van der Waals surface area (Å²) in [6, 6.07) is 1.83. The van der Waals surface area contributed by atoms with Gasteiger partial charge in [0, 0.05) is 19.2 Å². The second kappa shape index (κ2) is 12.3. The van der Waals surface area contributed by atoms with E-state index in [1.807, 2.05) is 12.3 Å². The fraction of sp³-hybridized carbons (Fsp3) is 0.579. The first-order chi connectivity index (χ1) is 15.5. The molecule has 0 saturated carbocycles. The van der Waals surface area contributed by atoms with E-state index < -0.39 is 0 Å². The molecule has 32 heavy (non-hydrogen) atoms. The minimum absolute atomic E-state index is 0.218. The van der Waals surface area contributed by atoms with Gasteiger partial charge in [-0.15, -0.1) is 10.2 Å². The average Bonchev–Trinajstić information content (AvgIpc) is 3.31. The van der Waals surface area contributed by atoms with Crippen LogP contribution in [0.1, 0.15) is 52.4 Å². The number of hydrogen-bond acceptors (Lipinski definition) is 9. The third kappa shape index (κ3) is 6.51. The Morgan fingerprint density at radius 3 is 1.69 bits per heavy atom. The average molecular weight is 497 g/mol. The highest BCUT2D eigenvalue weighted by Gasteiger charge is 2.16. The third-order valence-corrected chi connectivity index (χ3v) is 7.02. The smallest absolute Gasteiger partial charge is 0.270 e. The zero-order valence-corrected chi connectivity index (χ0v) is 20.9. The summed E-state index contributed by atoms with van der Waals surface area (Å²) in [6.07, 6.45) is 8.00. The van der Waals surface area contributed by atoms with Crippen molar-refractivity contribution in [3.05, 3.63) is 27.0 Å². The van der Waals surface area contributed by atoms with Crippen LogP contribution in [-0.2, 0) is 13.1 Å². The maximum atomic E-state index is 12.2. The van der Waals surface area contributed by atoms with Crippen LogP contribution in [0.5, 0.6) is 0 Å². The Balaban J connectivity index is 1.82. The lowest BCUT2D eigenvalue weighted by molar-refractivity contribution is 0.553. The number of nitrogens with one attached hydrogen (secondary N) is 2. The van der Waals surface area contributed by atoms with Gasteiger partial charge in [0.1, 0.15) is 10.1 Å². The third-order valence-electron chi connectivity index (χ3n) is 4.65. The number of unbranched alkanes of at least 4 members (excludes halogenated alkanes) is 4. The molecule has 0 fully saturated rings. The molecule has 0 amide bonds. The Kier molecular flexibility index (Phi) is 9.48.